The van der Waals surface area contributed by atoms with E-state index in [-0.39, 0.29) is 11.4 Å². The van der Waals surface area contributed by atoms with Gasteiger partial charge in [-0.25, -0.2) is 4.39 Å². The number of nitrogens with zero attached hydrogens (tertiary/aromatic N) is 1. The molecule has 7 heteroatoms. The van der Waals surface area contributed by atoms with Crippen LogP contribution in [0.3, 0.4) is 0 Å². The van der Waals surface area contributed by atoms with Crippen LogP contribution in [0.25, 0.3) is 0 Å². The van der Waals surface area contributed by atoms with Gasteiger partial charge in [-0.15, -0.1) is 0 Å². The Bertz CT molecular complexity index is 934. The second kappa shape index (κ2) is 7.97. The fourth-order valence-corrected chi connectivity index (χ4v) is 2.68. The van der Waals surface area contributed by atoms with Gasteiger partial charge in [0.25, 0.3) is 5.69 Å². The van der Waals surface area contributed by atoms with E-state index in [1.807, 2.05) is 30.3 Å². The molecule has 3 rings (SSSR count). The minimum absolute atomic E-state index is 0.0968. The summed E-state index contributed by atoms with van der Waals surface area (Å²) in [5.74, 6) is 0.0854. The Morgan fingerprint density at radius 2 is 1.73 bits per heavy atom. The summed E-state index contributed by atoms with van der Waals surface area (Å²) in [4.78, 5) is 9.98. The van der Waals surface area contributed by atoms with Crippen LogP contribution in [0, 0.1) is 15.9 Å². The first kappa shape index (κ1) is 17.9. The minimum Gasteiger partial charge on any atom is -0.488 e. The first-order valence-corrected chi connectivity index (χ1v) is 8.40. The summed E-state index contributed by atoms with van der Waals surface area (Å²) in [6.07, 6.45) is 0. The Morgan fingerprint density at radius 3 is 2.38 bits per heavy atom. The lowest BCUT2D eigenvalue weighted by Gasteiger charge is -2.11. The van der Waals surface area contributed by atoms with Gasteiger partial charge >= 0.3 is 0 Å². The van der Waals surface area contributed by atoms with Crippen LogP contribution in [-0.2, 0) is 6.61 Å². The van der Waals surface area contributed by atoms with Crippen molar-refractivity contribution in [2.75, 3.05) is 0 Å². The zero-order chi connectivity index (χ0) is 18.5. The van der Waals surface area contributed by atoms with Crippen LogP contribution in [-0.4, -0.2) is 4.92 Å². The van der Waals surface area contributed by atoms with Crippen molar-refractivity contribution in [1.29, 1.82) is 0 Å². The Morgan fingerprint density at radius 1 is 1.00 bits per heavy atom. The summed E-state index contributed by atoms with van der Waals surface area (Å²) in [6, 6.07) is 17.9. The third-order valence-electron chi connectivity index (χ3n) is 3.49. The molecule has 3 aromatic carbocycles. The standard InChI is InChI=1S/C19H13BrFNO4/c20-16-11-15(26-19-8-6-14(22(23)24)10-17(19)21)7-9-18(16)25-12-13-4-2-1-3-5-13/h1-11H,12H2. The van der Waals surface area contributed by atoms with Crippen molar-refractivity contribution in [3.8, 4) is 17.2 Å². The number of hydrogen-bond donors (Lipinski definition) is 0. The Labute approximate surface area is 157 Å². The lowest BCUT2D eigenvalue weighted by molar-refractivity contribution is -0.385. The van der Waals surface area contributed by atoms with Gasteiger partial charge in [0.05, 0.1) is 15.5 Å². The molecule has 0 bridgehead atoms. The SMILES string of the molecule is O=[N+]([O-])c1ccc(Oc2ccc(OCc3ccccc3)c(Br)c2)c(F)c1. The molecule has 3 aromatic rings. The highest BCUT2D eigenvalue weighted by atomic mass is 79.9. The fraction of sp³-hybridized carbons (Fsp3) is 0.0526. The molecule has 26 heavy (non-hydrogen) atoms. The molecular formula is C19H13BrFNO4. The number of rotatable bonds is 6. The van der Waals surface area contributed by atoms with E-state index in [0.717, 1.165) is 11.6 Å². The van der Waals surface area contributed by atoms with Crippen LogP contribution in [0.2, 0.25) is 0 Å². The molecule has 0 N–H and O–H groups in total. The summed E-state index contributed by atoms with van der Waals surface area (Å²) in [6.45, 7) is 0.413. The highest BCUT2D eigenvalue weighted by Gasteiger charge is 2.13. The molecule has 0 fully saturated rings. The van der Waals surface area contributed by atoms with Crippen LogP contribution in [0.5, 0.6) is 17.2 Å². The molecule has 0 atom stereocenters. The van der Waals surface area contributed by atoms with Gasteiger partial charge in [-0.05, 0) is 45.8 Å². The van der Waals surface area contributed by atoms with Crippen molar-refractivity contribution in [3.05, 3.63) is 92.7 Å². The van der Waals surface area contributed by atoms with Gasteiger partial charge in [0, 0.05) is 6.07 Å². The predicted octanol–water partition coefficient (Wildman–Crippen LogP) is 5.87. The average Bonchev–Trinajstić information content (AvgIpc) is 2.63. The number of nitro benzene ring substituents is 1. The molecule has 0 radical (unpaired) electrons. The number of non-ortho nitro benzene ring substituents is 1. The van der Waals surface area contributed by atoms with Crippen LogP contribution >= 0.6 is 15.9 Å². The quantitative estimate of drug-likeness (QED) is 0.371. The summed E-state index contributed by atoms with van der Waals surface area (Å²) in [5, 5.41) is 10.6. The predicted molar refractivity (Wildman–Crippen MR) is 98.0 cm³/mol. The molecular weight excluding hydrogens is 405 g/mol. The zero-order valence-corrected chi connectivity index (χ0v) is 15.0. The highest BCUT2D eigenvalue weighted by molar-refractivity contribution is 9.10. The van der Waals surface area contributed by atoms with Crippen LogP contribution in [0.15, 0.2) is 71.2 Å². The molecule has 0 aliphatic heterocycles. The van der Waals surface area contributed by atoms with Gasteiger partial charge < -0.3 is 9.47 Å². The molecule has 0 amide bonds. The van der Waals surface area contributed by atoms with Crippen molar-refractivity contribution in [3.63, 3.8) is 0 Å². The summed E-state index contributed by atoms with van der Waals surface area (Å²) >= 11 is 3.40. The number of benzene rings is 3. The Kier molecular flexibility index (Phi) is 5.48. The van der Waals surface area contributed by atoms with Crippen LogP contribution < -0.4 is 9.47 Å². The van der Waals surface area contributed by atoms with E-state index in [1.165, 1.54) is 12.1 Å². The van der Waals surface area contributed by atoms with E-state index < -0.39 is 10.7 Å². The fourth-order valence-electron chi connectivity index (χ4n) is 2.21. The van der Waals surface area contributed by atoms with Crippen molar-refractivity contribution in [2.45, 2.75) is 6.61 Å². The molecule has 0 aliphatic carbocycles. The first-order valence-electron chi connectivity index (χ1n) is 7.61. The maximum Gasteiger partial charge on any atom is 0.272 e. The van der Waals surface area contributed by atoms with Gasteiger partial charge in [-0.2, -0.15) is 0 Å². The maximum absolute atomic E-state index is 13.9. The molecule has 5 nitrogen and oxygen atoms in total. The third-order valence-corrected chi connectivity index (χ3v) is 4.11. The molecule has 0 aromatic heterocycles. The summed E-state index contributed by atoms with van der Waals surface area (Å²) < 4.78 is 25.8. The number of halogens is 2. The van der Waals surface area contributed by atoms with Crippen LogP contribution in [0.4, 0.5) is 10.1 Å². The van der Waals surface area contributed by atoms with Gasteiger partial charge in [-0.3, -0.25) is 10.1 Å². The normalized spacial score (nSPS) is 10.4. The highest BCUT2D eigenvalue weighted by Crippen LogP contribution is 2.33. The van der Waals surface area contributed by atoms with E-state index in [4.69, 9.17) is 9.47 Å². The van der Waals surface area contributed by atoms with E-state index >= 15 is 0 Å². The van der Waals surface area contributed by atoms with Crippen molar-refractivity contribution < 1.29 is 18.8 Å². The maximum atomic E-state index is 13.9. The molecule has 0 saturated heterocycles. The first-order chi connectivity index (χ1) is 12.5. The van der Waals surface area contributed by atoms with Gasteiger partial charge in [-0.1, -0.05) is 30.3 Å². The largest absolute Gasteiger partial charge is 0.488 e. The molecule has 0 heterocycles. The monoisotopic (exact) mass is 417 g/mol. The lowest BCUT2D eigenvalue weighted by Crippen LogP contribution is -1.96. The Balaban J connectivity index is 1.70. The number of nitro groups is 1. The van der Waals surface area contributed by atoms with Crippen molar-refractivity contribution >= 4 is 21.6 Å². The van der Waals surface area contributed by atoms with Crippen LogP contribution in [0.1, 0.15) is 5.56 Å². The summed E-state index contributed by atoms with van der Waals surface area (Å²) in [5.41, 5.74) is 0.702. The van der Waals surface area contributed by atoms with Crippen molar-refractivity contribution in [1.82, 2.24) is 0 Å². The summed E-state index contributed by atoms with van der Waals surface area (Å²) in [7, 11) is 0. The Hall–Kier alpha value is -2.93. The van der Waals surface area contributed by atoms with Gasteiger partial charge in [0.1, 0.15) is 18.1 Å². The average molecular weight is 418 g/mol. The molecule has 0 aliphatic rings. The van der Waals surface area contributed by atoms with Gasteiger partial charge in [0.2, 0.25) is 0 Å². The zero-order valence-electron chi connectivity index (χ0n) is 13.4. The third kappa shape index (κ3) is 4.37. The smallest absolute Gasteiger partial charge is 0.272 e. The molecule has 0 unspecified atom stereocenters. The second-order valence-corrected chi connectivity index (χ2v) is 6.19. The number of hydrogen-bond acceptors (Lipinski definition) is 4. The molecule has 132 valence electrons. The molecule has 0 saturated carbocycles. The van der Waals surface area contributed by atoms with Gasteiger partial charge in [0.15, 0.2) is 11.6 Å². The van der Waals surface area contributed by atoms with E-state index in [0.29, 0.717) is 22.6 Å². The molecule has 0 spiro atoms. The topological polar surface area (TPSA) is 61.6 Å². The van der Waals surface area contributed by atoms with E-state index in [1.54, 1.807) is 18.2 Å². The second-order valence-electron chi connectivity index (χ2n) is 5.34. The lowest BCUT2D eigenvalue weighted by atomic mass is 10.2. The minimum atomic E-state index is -0.806. The van der Waals surface area contributed by atoms with E-state index in [2.05, 4.69) is 15.9 Å². The number of ether oxygens (including phenoxy) is 2. The van der Waals surface area contributed by atoms with Crippen molar-refractivity contribution in [2.24, 2.45) is 0 Å². The van der Waals surface area contributed by atoms with E-state index in [9.17, 15) is 14.5 Å².